The first kappa shape index (κ1) is 15.1. The normalized spacial score (nSPS) is 10.5. The third-order valence-corrected chi connectivity index (χ3v) is 3.57. The molecule has 0 aromatic heterocycles. The van der Waals surface area contributed by atoms with Crippen molar-refractivity contribution < 1.29 is 19.0 Å². The zero-order valence-electron chi connectivity index (χ0n) is 11.4. The van der Waals surface area contributed by atoms with Crippen molar-refractivity contribution in [1.29, 1.82) is 0 Å². The number of carboxylic acid groups (broad SMARTS) is 1. The lowest BCUT2D eigenvalue weighted by Gasteiger charge is -2.12. The second-order valence-electron chi connectivity index (χ2n) is 4.65. The summed E-state index contributed by atoms with van der Waals surface area (Å²) in [6.07, 6.45) is 0. The molecule has 0 spiro atoms. The summed E-state index contributed by atoms with van der Waals surface area (Å²) in [5, 5.41) is 9.60. The Balaban J connectivity index is 2.44. The molecular weight excluding hydrogens is 297 g/mol. The van der Waals surface area contributed by atoms with Gasteiger partial charge in [0.2, 0.25) is 0 Å². The van der Waals surface area contributed by atoms with Crippen LogP contribution in [0.5, 0.6) is 11.5 Å². The molecule has 2 rings (SSSR count). The van der Waals surface area contributed by atoms with Crippen molar-refractivity contribution in [2.75, 3.05) is 5.73 Å². The van der Waals surface area contributed by atoms with E-state index in [-0.39, 0.29) is 17.0 Å². The molecule has 3 N–H and O–H groups in total. The lowest BCUT2D eigenvalue weighted by Crippen LogP contribution is -2.04. The molecule has 0 aliphatic rings. The molecule has 6 heteroatoms. The lowest BCUT2D eigenvalue weighted by atomic mass is 10.1. The molecule has 0 radical (unpaired) electrons. The molecule has 0 saturated carbocycles. The zero-order valence-corrected chi connectivity index (χ0v) is 12.2. The number of anilines is 1. The van der Waals surface area contributed by atoms with Crippen molar-refractivity contribution in [3.05, 3.63) is 51.8 Å². The highest BCUT2D eigenvalue weighted by atomic mass is 35.5. The topological polar surface area (TPSA) is 72.5 Å². The first-order valence-electron chi connectivity index (χ1n) is 6.06. The number of rotatable bonds is 3. The second kappa shape index (κ2) is 5.61. The number of carboxylic acids is 1. The van der Waals surface area contributed by atoms with Crippen LogP contribution in [0, 0.1) is 19.7 Å². The molecule has 0 heterocycles. The van der Waals surface area contributed by atoms with Crippen molar-refractivity contribution in [3.8, 4) is 11.5 Å². The van der Waals surface area contributed by atoms with Gasteiger partial charge in [-0.05, 0) is 37.1 Å². The maximum absolute atomic E-state index is 13.8. The van der Waals surface area contributed by atoms with Crippen LogP contribution in [-0.4, -0.2) is 11.1 Å². The van der Waals surface area contributed by atoms with Gasteiger partial charge >= 0.3 is 5.97 Å². The SMILES string of the molecule is Cc1cc(Oc2cc(C(=O)O)c(N)cc2F)cc(C)c1Cl. The smallest absolute Gasteiger partial charge is 0.337 e. The number of aryl methyl sites for hydroxylation is 2. The fourth-order valence-electron chi connectivity index (χ4n) is 1.92. The fourth-order valence-corrected chi connectivity index (χ4v) is 2.03. The Bertz CT molecular complexity index is 708. The Morgan fingerprint density at radius 2 is 1.81 bits per heavy atom. The first-order valence-corrected chi connectivity index (χ1v) is 6.44. The molecule has 0 fully saturated rings. The largest absolute Gasteiger partial charge is 0.478 e. The third kappa shape index (κ3) is 3.08. The second-order valence-corrected chi connectivity index (χ2v) is 5.03. The van der Waals surface area contributed by atoms with Crippen molar-refractivity contribution in [2.45, 2.75) is 13.8 Å². The van der Waals surface area contributed by atoms with E-state index in [1.807, 2.05) is 0 Å². The molecule has 2 aromatic carbocycles. The summed E-state index contributed by atoms with van der Waals surface area (Å²) in [6, 6.07) is 5.28. The molecule has 0 atom stereocenters. The van der Waals surface area contributed by atoms with Crippen LogP contribution in [0.15, 0.2) is 24.3 Å². The molecule has 0 unspecified atom stereocenters. The Kier molecular flexibility index (Phi) is 4.04. The molecule has 4 nitrogen and oxygen atoms in total. The summed E-state index contributed by atoms with van der Waals surface area (Å²) in [5.41, 5.74) is 6.65. The number of hydrogen-bond donors (Lipinski definition) is 2. The quantitative estimate of drug-likeness (QED) is 0.835. The van der Waals surface area contributed by atoms with Crippen molar-refractivity contribution >= 4 is 23.3 Å². The van der Waals surface area contributed by atoms with Crippen LogP contribution in [0.2, 0.25) is 5.02 Å². The fraction of sp³-hybridized carbons (Fsp3) is 0.133. The van der Waals surface area contributed by atoms with E-state index >= 15 is 0 Å². The van der Waals surface area contributed by atoms with E-state index < -0.39 is 11.8 Å². The number of aromatic carboxylic acids is 1. The number of nitrogens with two attached hydrogens (primary N) is 1. The van der Waals surface area contributed by atoms with E-state index in [0.29, 0.717) is 10.8 Å². The van der Waals surface area contributed by atoms with Gasteiger partial charge in [0.25, 0.3) is 0 Å². The molecule has 110 valence electrons. The van der Waals surface area contributed by atoms with E-state index in [0.717, 1.165) is 23.3 Å². The highest BCUT2D eigenvalue weighted by Gasteiger charge is 2.15. The average Bonchev–Trinajstić information content (AvgIpc) is 2.38. The molecule has 2 aromatic rings. The van der Waals surface area contributed by atoms with Crippen LogP contribution >= 0.6 is 11.6 Å². The Morgan fingerprint density at radius 3 is 2.33 bits per heavy atom. The molecule has 0 amide bonds. The summed E-state index contributed by atoms with van der Waals surface area (Å²) in [5.74, 6) is -1.82. The Hall–Kier alpha value is -2.27. The average molecular weight is 310 g/mol. The monoisotopic (exact) mass is 309 g/mol. The highest BCUT2D eigenvalue weighted by molar-refractivity contribution is 6.32. The van der Waals surface area contributed by atoms with Gasteiger partial charge in [-0.1, -0.05) is 11.6 Å². The maximum atomic E-state index is 13.8. The summed E-state index contributed by atoms with van der Waals surface area (Å²) < 4.78 is 19.3. The number of halogens is 2. The van der Waals surface area contributed by atoms with Gasteiger partial charge in [0.1, 0.15) is 5.75 Å². The first-order chi connectivity index (χ1) is 9.79. The number of hydrogen-bond acceptors (Lipinski definition) is 3. The van der Waals surface area contributed by atoms with E-state index in [4.69, 9.17) is 27.2 Å². The van der Waals surface area contributed by atoms with Gasteiger partial charge < -0.3 is 15.6 Å². The van der Waals surface area contributed by atoms with Crippen LogP contribution in [0.25, 0.3) is 0 Å². The summed E-state index contributed by atoms with van der Waals surface area (Å²) >= 11 is 6.05. The van der Waals surface area contributed by atoms with E-state index in [9.17, 15) is 9.18 Å². The number of ether oxygens (including phenoxy) is 1. The minimum Gasteiger partial charge on any atom is -0.478 e. The lowest BCUT2D eigenvalue weighted by molar-refractivity contribution is 0.0697. The van der Waals surface area contributed by atoms with E-state index in [2.05, 4.69) is 0 Å². The predicted octanol–water partition coefficient (Wildman–Crippen LogP) is 4.17. The summed E-state index contributed by atoms with van der Waals surface area (Å²) in [4.78, 5) is 11.0. The van der Waals surface area contributed by atoms with Gasteiger partial charge in [0, 0.05) is 22.8 Å². The van der Waals surface area contributed by atoms with Crippen LogP contribution in [0.1, 0.15) is 21.5 Å². The molecular formula is C15H13ClFNO3. The predicted molar refractivity (Wildman–Crippen MR) is 78.8 cm³/mol. The molecule has 0 aliphatic carbocycles. The van der Waals surface area contributed by atoms with E-state index in [1.54, 1.807) is 26.0 Å². The van der Waals surface area contributed by atoms with Crippen LogP contribution in [-0.2, 0) is 0 Å². The van der Waals surface area contributed by atoms with Gasteiger partial charge in [-0.15, -0.1) is 0 Å². The minimum absolute atomic E-state index is 0.157. The Morgan fingerprint density at radius 1 is 1.24 bits per heavy atom. The van der Waals surface area contributed by atoms with E-state index in [1.165, 1.54) is 0 Å². The van der Waals surface area contributed by atoms with Gasteiger partial charge in [0.15, 0.2) is 11.6 Å². The maximum Gasteiger partial charge on any atom is 0.337 e. The van der Waals surface area contributed by atoms with Crippen molar-refractivity contribution in [3.63, 3.8) is 0 Å². The van der Waals surface area contributed by atoms with Gasteiger partial charge in [-0.2, -0.15) is 0 Å². The molecule has 0 aliphatic heterocycles. The third-order valence-electron chi connectivity index (χ3n) is 2.97. The van der Waals surface area contributed by atoms with Crippen LogP contribution < -0.4 is 10.5 Å². The molecule has 21 heavy (non-hydrogen) atoms. The van der Waals surface area contributed by atoms with Crippen LogP contribution in [0.3, 0.4) is 0 Å². The van der Waals surface area contributed by atoms with Gasteiger partial charge in [-0.25, -0.2) is 9.18 Å². The van der Waals surface area contributed by atoms with Crippen molar-refractivity contribution in [2.24, 2.45) is 0 Å². The van der Waals surface area contributed by atoms with Gasteiger partial charge in [-0.3, -0.25) is 0 Å². The number of carbonyl (C=O) groups is 1. The van der Waals surface area contributed by atoms with Crippen molar-refractivity contribution in [1.82, 2.24) is 0 Å². The van der Waals surface area contributed by atoms with Crippen LogP contribution in [0.4, 0.5) is 10.1 Å². The Labute approximate surface area is 125 Å². The molecule has 0 bridgehead atoms. The minimum atomic E-state index is -1.25. The number of benzene rings is 2. The highest BCUT2D eigenvalue weighted by Crippen LogP contribution is 2.32. The zero-order chi connectivity index (χ0) is 15.7. The standard InChI is InChI=1S/C15H13ClFNO3/c1-7-3-9(4-8(2)14(7)16)21-13-5-10(15(19)20)12(18)6-11(13)17/h3-6H,18H2,1-2H3,(H,19,20). The molecule has 0 saturated heterocycles. The summed E-state index contributed by atoms with van der Waals surface area (Å²) in [6.45, 7) is 3.59. The van der Waals surface area contributed by atoms with Gasteiger partial charge in [0.05, 0.1) is 5.56 Å². The number of nitrogen functional groups attached to an aromatic ring is 1. The summed E-state index contributed by atoms with van der Waals surface area (Å²) in [7, 11) is 0.